The Morgan fingerprint density at radius 3 is 2.65 bits per heavy atom. The fourth-order valence-electron chi connectivity index (χ4n) is 1.93. The minimum atomic E-state index is 0.408. The van der Waals surface area contributed by atoms with Crippen molar-refractivity contribution < 1.29 is 0 Å². The van der Waals surface area contributed by atoms with Crippen molar-refractivity contribution >= 4 is 11.3 Å². The van der Waals surface area contributed by atoms with Crippen LogP contribution < -0.4 is 5.32 Å². The highest BCUT2D eigenvalue weighted by atomic mass is 32.1. The summed E-state index contributed by atoms with van der Waals surface area (Å²) < 4.78 is 0. The van der Waals surface area contributed by atoms with E-state index in [9.17, 15) is 0 Å². The lowest BCUT2D eigenvalue weighted by Crippen LogP contribution is -2.10. The molecule has 2 aromatic heterocycles. The fourth-order valence-corrected chi connectivity index (χ4v) is 3.16. The van der Waals surface area contributed by atoms with Gasteiger partial charge in [-0.1, -0.05) is 0 Å². The second-order valence-electron chi connectivity index (χ2n) is 4.30. The van der Waals surface area contributed by atoms with E-state index in [1.54, 1.807) is 0 Å². The zero-order chi connectivity index (χ0) is 12.4. The summed E-state index contributed by atoms with van der Waals surface area (Å²) in [6.07, 6.45) is 1.87. The molecule has 0 aliphatic rings. The van der Waals surface area contributed by atoms with Gasteiger partial charge in [-0.25, -0.2) is 0 Å². The number of hydrogen-bond acceptors (Lipinski definition) is 3. The summed E-state index contributed by atoms with van der Waals surface area (Å²) in [5, 5.41) is 3.27. The number of rotatable bonds is 3. The molecule has 3 heteroatoms. The summed E-state index contributed by atoms with van der Waals surface area (Å²) in [7, 11) is 1.99. The third kappa shape index (κ3) is 2.40. The van der Waals surface area contributed by atoms with Crippen molar-refractivity contribution in [2.24, 2.45) is 0 Å². The van der Waals surface area contributed by atoms with Crippen LogP contribution in [0, 0.1) is 13.8 Å². The molecule has 2 heterocycles. The maximum Gasteiger partial charge on any atom is 0.0461 e. The molecule has 0 aromatic carbocycles. The smallest absolute Gasteiger partial charge is 0.0461 e. The minimum Gasteiger partial charge on any atom is -0.313 e. The molecule has 1 atom stereocenters. The van der Waals surface area contributed by atoms with Crippen LogP contribution in [0.4, 0.5) is 0 Å². The van der Waals surface area contributed by atoms with Crippen LogP contribution in [-0.2, 0) is 0 Å². The van der Waals surface area contributed by atoms with E-state index in [4.69, 9.17) is 0 Å². The monoisotopic (exact) mass is 246 g/mol. The van der Waals surface area contributed by atoms with Crippen LogP contribution in [-0.4, -0.2) is 12.0 Å². The zero-order valence-corrected chi connectivity index (χ0v) is 11.6. The highest BCUT2D eigenvalue weighted by Crippen LogP contribution is 2.34. The predicted octanol–water partition coefficient (Wildman–Crippen LogP) is 3.71. The first-order chi connectivity index (χ1) is 8.13. The molecule has 1 N–H and O–H groups in total. The largest absolute Gasteiger partial charge is 0.313 e. The first-order valence-electron chi connectivity index (χ1n) is 5.83. The lowest BCUT2D eigenvalue weighted by Gasteiger charge is -2.08. The van der Waals surface area contributed by atoms with Gasteiger partial charge >= 0.3 is 0 Å². The van der Waals surface area contributed by atoms with Crippen molar-refractivity contribution in [3.05, 3.63) is 40.5 Å². The van der Waals surface area contributed by atoms with Crippen LogP contribution in [0.15, 0.2) is 24.4 Å². The first-order valence-corrected chi connectivity index (χ1v) is 6.64. The Kier molecular flexibility index (Phi) is 3.60. The van der Waals surface area contributed by atoms with Gasteiger partial charge in [-0.2, -0.15) is 0 Å². The van der Waals surface area contributed by atoms with Gasteiger partial charge in [0.2, 0.25) is 0 Å². The van der Waals surface area contributed by atoms with Gasteiger partial charge in [0.25, 0.3) is 0 Å². The van der Waals surface area contributed by atoms with E-state index in [1.165, 1.54) is 20.9 Å². The summed E-state index contributed by atoms with van der Waals surface area (Å²) in [6, 6.07) is 6.88. The van der Waals surface area contributed by atoms with E-state index >= 15 is 0 Å². The van der Waals surface area contributed by atoms with Gasteiger partial charge in [0, 0.05) is 33.3 Å². The van der Waals surface area contributed by atoms with Crippen LogP contribution in [0.5, 0.6) is 0 Å². The minimum absolute atomic E-state index is 0.408. The lowest BCUT2D eigenvalue weighted by atomic mass is 10.1. The van der Waals surface area contributed by atoms with Crippen molar-refractivity contribution in [3.63, 3.8) is 0 Å². The lowest BCUT2D eigenvalue weighted by molar-refractivity contribution is 0.664. The van der Waals surface area contributed by atoms with E-state index < -0.39 is 0 Å². The Hall–Kier alpha value is -1.19. The molecule has 0 aliphatic carbocycles. The van der Waals surface area contributed by atoms with Gasteiger partial charge in [-0.3, -0.25) is 4.98 Å². The van der Waals surface area contributed by atoms with Crippen LogP contribution in [0.3, 0.4) is 0 Å². The zero-order valence-electron chi connectivity index (χ0n) is 10.7. The molecule has 0 saturated carbocycles. The summed E-state index contributed by atoms with van der Waals surface area (Å²) >= 11 is 1.84. The molecule has 90 valence electrons. The number of pyridine rings is 1. The standard InChI is InChI=1S/C14H18N2S/c1-9-7-8-16-11(3)14(9)13-6-5-12(17-13)10(2)15-4/h5-8,10,15H,1-4H3. The number of nitrogens with zero attached hydrogens (tertiary/aromatic N) is 1. The van der Waals surface area contributed by atoms with Gasteiger partial charge in [-0.15, -0.1) is 11.3 Å². The molecule has 2 aromatic rings. The van der Waals surface area contributed by atoms with Crippen molar-refractivity contribution in [2.45, 2.75) is 26.8 Å². The fraction of sp³-hybridized carbons (Fsp3) is 0.357. The molecule has 17 heavy (non-hydrogen) atoms. The molecule has 0 bridgehead atoms. The average Bonchev–Trinajstić information content (AvgIpc) is 2.77. The molecule has 0 aliphatic heterocycles. The highest BCUT2D eigenvalue weighted by molar-refractivity contribution is 7.15. The molecular weight excluding hydrogens is 228 g/mol. The van der Waals surface area contributed by atoms with Crippen LogP contribution in [0.2, 0.25) is 0 Å². The first kappa shape index (κ1) is 12.3. The topological polar surface area (TPSA) is 24.9 Å². The summed E-state index contributed by atoms with van der Waals surface area (Å²) in [6.45, 7) is 6.40. The normalized spacial score (nSPS) is 12.7. The van der Waals surface area contributed by atoms with E-state index in [1.807, 2.05) is 24.6 Å². The molecule has 0 fully saturated rings. The van der Waals surface area contributed by atoms with Crippen molar-refractivity contribution in [2.75, 3.05) is 7.05 Å². The van der Waals surface area contributed by atoms with Crippen LogP contribution >= 0.6 is 11.3 Å². The SMILES string of the molecule is CNC(C)c1ccc(-c2c(C)ccnc2C)s1. The van der Waals surface area contributed by atoms with E-state index in [0.29, 0.717) is 6.04 Å². The van der Waals surface area contributed by atoms with E-state index in [2.05, 4.69) is 49.3 Å². The van der Waals surface area contributed by atoms with Gasteiger partial charge in [-0.05, 0) is 51.6 Å². The maximum atomic E-state index is 4.38. The van der Waals surface area contributed by atoms with Gasteiger partial charge in [0.05, 0.1) is 0 Å². The number of nitrogens with one attached hydrogen (secondary N) is 1. The molecule has 2 rings (SSSR count). The molecule has 1 unspecified atom stereocenters. The molecule has 0 radical (unpaired) electrons. The van der Waals surface area contributed by atoms with Crippen molar-refractivity contribution in [3.8, 4) is 10.4 Å². The third-order valence-electron chi connectivity index (χ3n) is 3.08. The summed E-state index contributed by atoms with van der Waals surface area (Å²) in [5.74, 6) is 0. The van der Waals surface area contributed by atoms with Crippen molar-refractivity contribution in [1.29, 1.82) is 0 Å². The summed E-state index contributed by atoms with van der Waals surface area (Å²) in [5.41, 5.74) is 3.69. The second kappa shape index (κ2) is 4.98. The van der Waals surface area contributed by atoms with Gasteiger partial charge < -0.3 is 5.32 Å². The van der Waals surface area contributed by atoms with E-state index in [-0.39, 0.29) is 0 Å². The van der Waals surface area contributed by atoms with Gasteiger partial charge in [0.1, 0.15) is 0 Å². The number of hydrogen-bond donors (Lipinski definition) is 1. The Labute approximate surface area is 107 Å². The molecular formula is C14H18N2S. The molecule has 0 saturated heterocycles. The van der Waals surface area contributed by atoms with Crippen LogP contribution in [0.25, 0.3) is 10.4 Å². The maximum absolute atomic E-state index is 4.38. The number of aromatic nitrogens is 1. The van der Waals surface area contributed by atoms with Crippen molar-refractivity contribution in [1.82, 2.24) is 10.3 Å². The average molecular weight is 246 g/mol. The Balaban J connectivity index is 2.44. The Bertz CT molecular complexity index is 496. The third-order valence-corrected chi connectivity index (χ3v) is 4.37. The molecule has 2 nitrogen and oxygen atoms in total. The van der Waals surface area contributed by atoms with E-state index in [0.717, 1.165) is 5.69 Å². The quantitative estimate of drug-likeness (QED) is 0.893. The summed E-state index contributed by atoms with van der Waals surface area (Å²) in [4.78, 5) is 7.06. The Morgan fingerprint density at radius 1 is 1.24 bits per heavy atom. The second-order valence-corrected chi connectivity index (χ2v) is 5.42. The van der Waals surface area contributed by atoms with Gasteiger partial charge in [0.15, 0.2) is 0 Å². The number of aryl methyl sites for hydroxylation is 2. The highest BCUT2D eigenvalue weighted by Gasteiger charge is 2.11. The van der Waals surface area contributed by atoms with Crippen LogP contribution in [0.1, 0.15) is 29.1 Å². The predicted molar refractivity (Wildman–Crippen MR) is 74.5 cm³/mol. The Morgan fingerprint density at radius 2 is 2.00 bits per heavy atom. The molecule has 0 spiro atoms. The molecule has 0 amide bonds. The number of thiophene rings is 1.